The SMILES string of the molecule is CC[C@H](C)[C@H](NC(=O)CC(O)[C@@H](N)Cc1ccc([N+](=O)[O-])cc1)C(=O)O. The normalized spacial score (nSPS) is 15.5. The number of aliphatic hydroxyl groups excluding tert-OH is 1. The molecule has 0 saturated carbocycles. The van der Waals surface area contributed by atoms with Crippen LogP contribution in [0.2, 0.25) is 0 Å². The molecule has 1 unspecified atom stereocenters. The summed E-state index contributed by atoms with van der Waals surface area (Å²) in [6.45, 7) is 3.54. The number of aliphatic hydroxyl groups is 1. The van der Waals surface area contributed by atoms with Crippen molar-refractivity contribution >= 4 is 17.6 Å². The van der Waals surface area contributed by atoms with Gasteiger partial charge in [-0.05, 0) is 17.9 Å². The van der Waals surface area contributed by atoms with Crippen molar-refractivity contribution in [2.75, 3.05) is 0 Å². The van der Waals surface area contributed by atoms with E-state index in [-0.39, 0.29) is 24.4 Å². The Bertz CT molecular complexity index is 634. The zero-order valence-corrected chi connectivity index (χ0v) is 14.8. The maximum absolute atomic E-state index is 12.0. The van der Waals surface area contributed by atoms with Crippen LogP contribution >= 0.6 is 0 Å². The summed E-state index contributed by atoms with van der Waals surface area (Å²) in [7, 11) is 0. The number of hydrogen-bond acceptors (Lipinski definition) is 6. The second kappa shape index (κ2) is 9.83. The van der Waals surface area contributed by atoms with Gasteiger partial charge in [-0.3, -0.25) is 14.9 Å². The van der Waals surface area contributed by atoms with Crippen LogP contribution in [0.25, 0.3) is 0 Å². The van der Waals surface area contributed by atoms with Crippen LogP contribution in [0.4, 0.5) is 5.69 Å². The number of aliphatic carboxylic acids is 1. The van der Waals surface area contributed by atoms with Crippen molar-refractivity contribution in [3.05, 3.63) is 39.9 Å². The third kappa shape index (κ3) is 6.41. The molecule has 9 heteroatoms. The minimum Gasteiger partial charge on any atom is -0.480 e. The summed E-state index contributed by atoms with van der Waals surface area (Å²) in [4.78, 5) is 33.3. The summed E-state index contributed by atoms with van der Waals surface area (Å²) >= 11 is 0. The molecule has 1 aromatic carbocycles. The molecule has 5 N–H and O–H groups in total. The average molecular weight is 367 g/mol. The number of nitrogens with zero attached hydrogens (tertiary/aromatic N) is 1. The van der Waals surface area contributed by atoms with Crippen molar-refractivity contribution in [1.29, 1.82) is 0 Å². The van der Waals surface area contributed by atoms with Gasteiger partial charge in [0.05, 0.1) is 17.4 Å². The number of amides is 1. The lowest BCUT2D eigenvalue weighted by Gasteiger charge is -2.22. The van der Waals surface area contributed by atoms with Gasteiger partial charge in [0.2, 0.25) is 5.91 Å². The maximum atomic E-state index is 12.0. The van der Waals surface area contributed by atoms with Crippen LogP contribution in [0.1, 0.15) is 32.3 Å². The molecule has 0 aromatic heterocycles. The molecular formula is C17H25N3O6. The number of nitro groups is 1. The molecule has 1 aromatic rings. The van der Waals surface area contributed by atoms with Gasteiger partial charge in [-0.1, -0.05) is 32.4 Å². The van der Waals surface area contributed by atoms with Crippen LogP contribution in [-0.2, 0) is 16.0 Å². The van der Waals surface area contributed by atoms with Gasteiger partial charge in [-0.25, -0.2) is 4.79 Å². The second-order valence-corrected chi connectivity index (χ2v) is 6.33. The Hall–Kier alpha value is -2.52. The van der Waals surface area contributed by atoms with Crippen LogP contribution in [0.3, 0.4) is 0 Å². The molecule has 26 heavy (non-hydrogen) atoms. The number of carbonyl (C=O) groups excluding carboxylic acids is 1. The van der Waals surface area contributed by atoms with Crippen molar-refractivity contribution in [1.82, 2.24) is 5.32 Å². The van der Waals surface area contributed by atoms with E-state index in [1.54, 1.807) is 6.92 Å². The lowest BCUT2D eigenvalue weighted by molar-refractivity contribution is -0.384. The number of nitrogens with two attached hydrogens (primary N) is 1. The first-order chi connectivity index (χ1) is 12.1. The molecule has 1 amide bonds. The van der Waals surface area contributed by atoms with Crippen LogP contribution in [0.5, 0.6) is 0 Å². The molecule has 9 nitrogen and oxygen atoms in total. The number of rotatable bonds is 10. The quantitative estimate of drug-likeness (QED) is 0.352. The summed E-state index contributed by atoms with van der Waals surface area (Å²) < 4.78 is 0. The van der Waals surface area contributed by atoms with Crippen molar-refractivity contribution in [3.8, 4) is 0 Å². The second-order valence-electron chi connectivity index (χ2n) is 6.33. The highest BCUT2D eigenvalue weighted by atomic mass is 16.6. The monoisotopic (exact) mass is 367 g/mol. The van der Waals surface area contributed by atoms with E-state index in [1.165, 1.54) is 24.3 Å². The number of non-ortho nitro benzene ring substituents is 1. The van der Waals surface area contributed by atoms with Crippen LogP contribution in [0, 0.1) is 16.0 Å². The lowest BCUT2D eigenvalue weighted by Crippen LogP contribution is -2.47. The number of hydrogen-bond donors (Lipinski definition) is 4. The standard InChI is InChI=1S/C17H25N3O6/c1-3-10(2)16(17(23)24)19-15(22)9-14(21)13(18)8-11-4-6-12(7-5-11)20(25)26/h4-7,10,13-14,16,21H,3,8-9,18H2,1-2H3,(H,19,22)(H,23,24)/t10-,13-,14?,16-/m0/s1. The van der Waals surface area contributed by atoms with E-state index in [9.17, 15) is 29.9 Å². The van der Waals surface area contributed by atoms with Crippen LogP contribution in [0.15, 0.2) is 24.3 Å². The average Bonchev–Trinajstić information content (AvgIpc) is 2.59. The fourth-order valence-corrected chi connectivity index (χ4v) is 2.42. The molecule has 0 heterocycles. The van der Waals surface area contributed by atoms with Crippen LogP contribution in [-0.4, -0.2) is 45.2 Å². The van der Waals surface area contributed by atoms with Crippen molar-refractivity contribution in [2.24, 2.45) is 11.7 Å². The molecule has 144 valence electrons. The molecule has 0 aliphatic heterocycles. The molecule has 0 bridgehead atoms. The largest absolute Gasteiger partial charge is 0.480 e. The van der Waals surface area contributed by atoms with Gasteiger partial charge >= 0.3 is 5.97 Å². The predicted octanol–water partition coefficient (Wildman–Crippen LogP) is 0.831. The van der Waals surface area contributed by atoms with Gasteiger partial charge in [-0.15, -0.1) is 0 Å². The minimum absolute atomic E-state index is 0.0491. The minimum atomic E-state index is -1.17. The Morgan fingerprint density at radius 1 is 1.31 bits per heavy atom. The molecule has 0 aliphatic rings. The Morgan fingerprint density at radius 2 is 1.88 bits per heavy atom. The third-order valence-corrected chi connectivity index (χ3v) is 4.30. The predicted molar refractivity (Wildman–Crippen MR) is 94.4 cm³/mol. The van der Waals surface area contributed by atoms with E-state index in [4.69, 9.17) is 5.73 Å². The highest BCUT2D eigenvalue weighted by Gasteiger charge is 2.27. The lowest BCUT2D eigenvalue weighted by atomic mass is 9.97. The number of nitro benzene ring substituents is 1. The molecular weight excluding hydrogens is 342 g/mol. The number of carboxylic acid groups (broad SMARTS) is 1. The zero-order chi connectivity index (χ0) is 19.9. The fraction of sp³-hybridized carbons (Fsp3) is 0.529. The third-order valence-electron chi connectivity index (χ3n) is 4.30. The van der Waals surface area contributed by atoms with E-state index >= 15 is 0 Å². The Balaban J connectivity index is 2.59. The summed E-state index contributed by atoms with van der Waals surface area (Å²) in [6.07, 6.45) is -0.690. The molecule has 4 atom stereocenters. The summed E-state index contributed by atoms with van der Waals surface area (Å²) in [5, 5.41) is 32.3. The summed E-state index contributed by atoms with van der Waals surface area (Å²) in [6, 6.07) is 3.96. The van der Waals surface area contributed by atoms with E-state index in [0.29, 0.717) is 12.0 Å². The molecule has 0 aliphatic carbocycles. The zero-order valence-electron chi connectivity index (χ0n) is 14.8. The fourth-order valence-electron chi connectivity index (χ4n) is 2.42. The van der Waals surface area contributed by atoms with Gasteiger partial charge in [0.25, 0.3) is 5.69 Å². The smallest absolute Gasteiger partial charge is 0.326 e. The van der Waals surface area contributed by atoms with Gasteiger partial charge in [0, 0.05) is 18.2 Å². The molecule has 0 fully saturated rings. The number of nitrogens with one attached hydrogen (secondary N) is 1. The Kier molecular flexibility index (Phi) is 8.14. The van der Waals surface area contributed by atoms with E-state index in [2.05, 4.69) is 5.32 Å². The number of carboxylic acids is 1. The van der Waals surface area contributed by atoms with Gasteiger partial charge in [-0.2, -0.15) is 0 Å². The molecule has 0 radical (unpaired) electrons. The molecule has 0 saturated heterocycles. The van der Waals surface area contributed by atoms with Crippen molar-refractivity contribution in [2.45, 2.75) is 51.3 Å². The van der Waals surface area contributed by atoms with Gasteiger partial charge in [0.1, 0.15) is 6.04 Å². The van der Waals surface area contributed by atoms with E-state index < -0.39 is 35.0 Å². The first-order valence-corrected chi connectivity index (χ1v) is 8.34. The summed E-state index contributed by atoms with van der Waals surface area (Å²) in [5.41, 5.74) is 6.53. The van der Waals surface area contributed by atoms with Crippen molar-refractivity contribution in [3.63, 3.8) is 0 Å². The first-order valence-electron chi connectivity index (χ1n) is 8.34. The van der Waals surface area contributed by atoms with Crippen molar-refractivity contribution < 1.29 is 24.7 Å². The Labute approximate surface area is 151 Å². The Morgan fingerprint density at radius 3 is 2.35 bits per heavy atom. The molecule has 0 spiro atoms. The summed E-state index contributed by atoms with van der Waals surface area (Å²) in [5.74, 6) is -1.97. The van der Waals surface area contributed by atoms with Crippen LogP contribution < -0.4 is 11.1 Å². The van der Waals surface area contributed by atoms with Gasteiger partial charge in [0.15, 0.2) is 0 Å². The first kappa shape index (κ1) is 21.5. The topological polar surface area (TPSA) is 156 Å². The number of carbonyl (C=O) groups is 2. The molecule has 1 rings (SSSR count). The van der Waals surface area contributed by atoms with E-state index in [1.807, 2.05) is 6.92 Å². The number of benzene rings is 1. The highest BCUT2D eigenvalue weighted by Crippen LogP contribution is 2.14. The van der Waals surface area contributed by atoms with Gasteiger partial charge < -0.3 is 21.3 Å². The van der Waals surface area contributed by atoms with E-state index in [0.717, 1.165) is 0 Å². The highest BCUT2D eigenvalue weighted by molar-refractivity contribution is 5.84. The maximum Gasteiger partial charge on any atom is 0.326 e.